The number of hydrogen-bond acceptors (Lipinski definition) is 5. The molecule has 0 spiro atoms. The SMILES string of the molecule is CC(NC(=O)c1cc(-c2ccc(C(F)(F)F)cc2)cc(C(F)(F)F)c1)c1ncnn1-c1ncccn1. The van der Waals surface area contributed by atoms with Crippen LogP contribution in [-0.2, 0) is 12.4 Å². The summed E-state index contributed by atoms with van der Waals surface area (Å²) in [4.78, 5) is 25.1. The Morgan fingerprint density at radius 1 is 0.861 bits per heavy atom. The highest BCUT2D eigenvalue weighted by Crippen LogP contribution is 2.35. The van der Waals surface area contributed by atoms with Crippen molar-refractivity contribution >= 4 is 5.91 Å². The minimum absolute atomic E-state index is 0.0720. The fraction of sp³-hybridized carbons (Fsp3) is 0.174. The summed E-state index contributed by atoms with van der Waals surface area (Å²) >= 11 is 0. The zero-order valence-corrected chi connectivity index (χ0v) is 18.3. The molecule has 2 aromatic heterocycles. The van der Waals surface area contributed by atoms with Gasteiger partial charge in [-0.15, -0.1) is 0 Å². The summed E-state index contributed by atoms with van der Waals surface area (Å²) in [6, 6.07) is 7.00. The number of nitrogens with zero attached hydrogens (tertiary/aromatic N) is 5. The van der Waals surface area contributed by atoms with Crippen molar-refractivity contribution in [3.8, 4) is 17.1 Å². The van der Waals surface area contributed by atoms with Gasteiger partial charge < -0.3 is 5.32 Å². The summed E-state index contributed by atoms with van der Waals surface area (Å²) < 4.78 is 80.5. The Hall–Kier alpha value is -4.29. The van der Waals surface area contributed by atoms with Crippen molar-refractivity contribution < 1.29 is 31.1 Å². The van der Waals surface area contributed by atoms with E-state index in [1.807, 2.05) is 0 Å². The van der Waals surface area contributed by atoms with E-state index in [1.54, 1.807) is 13.0 Å². The molecule has 7 nitrogen and oxygen atoms in total. The van der Waals surface area contributed by atoms with E-state index in [-0.39, 0.29) is 28.5 Å². The number of rotatable bonds is 5. The van der Waals surface area contributed by atoms with Gasteiger partial charge in [-0.05, 0) is 54.4 Å². The van der Waals surface area contributed by atoms with Crippen LogP contribution in [0.1, 0.15) is 40.3 Å². The lowest BCUT2D eigenvalue weighted by molar-refractivity contribution is -0.138. The van der Waals surface area contributed by atoms with E-state index in [0.717, 1.165) is 30.3 Å². The Kier molecular flexibility index (Phi) is 6.48. The molecule has 1 unspecified atom stereocenters. The molecule has 0 aliphatic carbocycles. The van der Waals surface area contributed by atoms with Gasteiger partial charge in [-0.25, -0.2) is 15.0 Å². The highest BCUT2D eigenvalue weighted by Gasteiger charge is 2.33. The van der Waals surface area contributed by atoms with Crippen molar-refractivity contribution in [2.24, 2.45) is 0 Å². The Balaban J connectivity index is 1.65. The monoisotopic (exact) mass is 506 g/mol. The van der Waals surface area contributed by atoms with Gasteiger partial charge in [0.25, 0.3) is 11.9 Å². The van der Waals surface area contributed by atoms with Crippen LogP contribution in [0.15, 0.2) is 67.3 Å². The number of amides is 1. The molecule has 0 saturated carbocycles. The van der Waals surface area contributed by atoms with Gasteiger partial charge >= 0.3 is 12.4 Å². The fourth-order valence-corrected chi connectivity index (χ4v) is 3.39. The van der Waals surface area contributed by atoms with Crippen LogP contribution < -0.4 is 5.32 Å². The minimum Gasteiger partial charge on any atom is -0.342 e. The number of halogens is 6. The standard InChI is InChI=1S/C23H16F6N6O/c1-13(19-32-12-33-35(19)21-30-7-2-8-31-21)34-20(36)16-9-15(10-18(11-16)23(27,28)29)14-3-5-17(6-4-14)22(24,25)26/h2-13H,1H3,(H,34,36). The third-order valence-electron chi connectivity index (χ3n) is 5.12. The van der Waals surface area contributed by atoms with Crippen LogP contribution in [0.2, 0.25) is 0 Å². The summed E-state index contributed by atoms with van der Waals surface area (Å²) in [6.07, 6.45) is -5.24. The minimum atomic E-state index is -4.80. The number of hydrogen-bond donors (Lipinski definition) is 1. The normalized spacial score (nSPS) is 12.9. The molecule has 1 N–H and O–H groups in total. The van der Waals surface area contributed by atoms with Crippen LogP contribution >= 0.6 is 0 Å². The van der Waals surface area contributed by atoms with Crippen LogP contribution in [-0.4, -0.2) is 30.6 Å². The van der Waals surface area contributed by atoms with Crippen molar-refractivity contribution in [2.75, 3.05) is 0 Å². The average Bonchev–Trinajstić information content (AvgIpc) is 3.33. The lowest BCUT2D eigenvalue weighted by Crippen LogP contribution is -2.29. The zero-order valence-electron chi connectivity index (χ0n) is 18.3. The average molecular weight is 506 g/mol. The largest absolute Gasteiger partial charge is 0.416 e. The third-order valence-corrected chi connectivity index (χ3v) is 5.12. The van der Waals surface area contributed by atoms with E-state index in [4.69, 9.17) is 0 Å². The van der Waals surface area contributed by atoms with Crippen LogP contribution in [0.25, 0.3) is 17.1 Å². The molecule has 0 aliphatic heterocycles. The maximum Gasteiger partial charge on any atom is 0.416 e. The van der Waals surface area contributed by atoms with E-state index in [0.29, 0.717) is 6.07 Å². The van der Waals surface area contributed by atoms with E-state index >= 15 is 0 Å². The van der Waals surface area contributed by atoms with Crippen LogP contribution in [0, 0.1) is 0 Å². The van der Waals surface area contributed by atoms with E-state index < -0.39 is 35.4 Å². The maximum atomic E-state index is 13.6. The molecule has 0 bridgehead atoms. The number of aromatic nitrogens is 5. The third kappa shape index (κ3) is 5.34. The highest BCUT2D eigenvalue weighted by atomic mass is 19.4. The van der Waals surface area contributed by atoms with Crippen molar-refractivity contribution in [2.45, 2.75) is 25.3 Å². The van der Waals surface area contributed by atoms with Gasteiger partial charge in [0.2, 0.25) is 0 Å². The molecule has 2 aromatic carbocycles. The lowest BCUT2D eigenvalue weighted by Gasteiger charge is -2.16. The first-order valence-electron chi connectivity index (χ1n) is 10.3. The van der Waals surface area contributed by atoms with Crippen molar-refractivity contribution in [1.82, 2.24) is 30.0 Å². The quantitative estimate of drug-likeness (QED) is 0.374. The van der Waals surface area contributed by atoms with E-state index in [9.17, 15) is 31.1 Å². The van der Waals surface area contributed by atoms with Gasteiger partial charge in [0, 0.05) is 18.0 Å². The van der Waals surface area contributed by atoms with Gasteiger partial charge in [0.05, 0.1) is 17.2 Å². The number of carbonyl (C=O) groups excluding carboxylic acids is 1. The molecule has 36 heavy (non-hydrogen) atoms. The molecule has 1 atom stereocenters. The molecule has 4 rings (SSSR count). The Bertz CT molecular complexity index is 1370. The van der Waals surface area contributed by atoms with Crippen LogP contribution in [0.5, 0.6) is 0 Å². The molecular weight excluding hydrogens is 490 g/mol. The molecule has 186 valence electrons. The fourth-order valence-electron chi connectivity index (χ4n) is 3.39. The second-order valence-corrected chi connectivity index (χ2v) is 7.65. The second-order valence-electron chi connectivity index (χ2n) is 7.65. The molecule has 13 heteroatoms. The summed E-state index contributed by atoms with van der Waals surface area (Å²) in [5.41, 5.74) is -2.40. The first kappa shape index (κ1) is 24.8. The number of carbonyl (C=O) groups is 1. The lowest BCUT2D eigenvalue weighted by atomic mass is 9.98. The van der Waals surface area contributed by atoms with Gasteiger partial charge in [-0.2, -0.15) is 36.1 Å². The topological polar surface area (TPSA) is 85.6 Å². The molecule has 0 aliphatic rings. The summed E-state index contributed by atoms with van der Waals surface area (Å²) in [6.45, 7) is 1.55. The van der Waals surface area contributed by atoms with Gasteiger partial charge in [-0.3, -0.25) is 4.79 Å². The molecule has 2 heterocycles. The molecular formula is C23H16F6N6O. The number of benzene rings is 2. The summed E-state index contributed by atoms with van der Waals surface area (Å²) in [7, 11) is 0. The molecule has 4 aromatic rings. The Morgan fingerprint density at radius 3 is 2.11 bits per heavy atom. The molecule has 1 amide bonds. The predicted octanol–water partition coefficient (Wildman–Crippen LogP) is 5.25. The van der Waals surface area contributed by atoms with Crippen LogP contribution in [0.4, 0.5) is 26.3 Å². The van der Waals surface area contributed by atoms with E-state index in [1.165, 1.54) is 29.5 Å². The molecule has 0 radical (unpaired) electrons. The summed E-state index contributed by atoms with van der Waals surface area (Å²) in [5, 5.41) is 6.57. The van der Waals surface area contributed by atoms with Gasteiger partial charge in [0.1, 0.15) is 6.33 Å². The number of nitrogens with one attached hydrogen (secondary N) is 1. The van der Waals surface area contributed by atoms with Gasteiger partial charge in [-0.1, -0.05) is 12.1 Å². The van der Waals surface area contributed by atoms with Crippen molar-refractivity contribution in [3.63, 3.8) is 0 Å². The number of alkyl halides is 6. The smallest absolute Gasteiger partial charge is 0.342 e. The maximum absolute atomic E-state index is 13.6. The van der Waals surface area contributed by atoms with Crippen molar-refractivity contribution in [1.29, 1.82) is 0 Å². The van der Waals surface area contributed by atoms with E-state index in [2.05, 4.69) is 25.4 Å². The highest BCUT2D eigenvalue weighted by molar-refractivity contribution is 5.96. The summed E-state index contributed by atoms with van der Waals surface area (Å²) in [5.74, 6) is -0.454. The molecule has 0 saturated heterocycles. The second kappa shape index (κ2) is 9.40. The van der Waals surface area contributed by atoms with Gasteiger partial charge in [0.15, 0.2) is 5.82 Å². The van der Waals surface area contributed by atoms with Crippen molar-refractivity contribution in [3.05, 3.63) is 89.8 Å². The zero-order chi connectivity index (χ0) is 26.1. The van der Waals surface area contributed by atoms with Crippen LogP contribution in [0.3, 0.4) is 0 Å². The first-order valence-corrected chi connectivity index (χ1v) is 10.3. The Labute approximate surface area is 199 Å². The first-order chi connectivity index (χ1) is 16.9. The molecule has 0 fully saturated rings. The Morgan fingerprint density at radius 2 is 1.50 bits per heavy atom. The predicted molar refractivity (Wildman–Crippen MR) is 115 cm³/mol.